The van der Waals surface area contributed by atoms with Gasteiger partial charge in [0.25, 0.3) is 0 Å². The number of aliphatic hydroxyl groups excluding tert-OH is 1. The zero-order chi connectivity index (χ0) is 14.2. The predicted octanol–water partition coefficient (Wildman–Crippen LogP) is 1.85. The van der Waals surface area contributed by atoms with Gasteiger partial charge in [-0.25, -0.2) is 0 Å². The normalized spacial score (nSPS) is 31.9. The first-order valence-corrected chi connectivity index (χ1v) is 6.86. The molecular formula is C15H23NO3. The largest absolute Gasteiger partial charge is 0.388 e. The molecular weight excluding hydrogens is 242 g/mol. The van der Waals surface area contributed by atoms with E-state index in [2.05, 4.69) is 0 Å². The lowest BCUT2D eigenvalue weighted by molar-refractivity contribution is -0.129. The van der Waals surface area contributed by atoms with Gasteiger partial charge in [0, 0.05) is 24.6 Å². The second-order valence-corrected chi connectivity index (χ2v) is 5.59. The molecule has 0 radical (unpaired) electrons. The van der Waals surface area contributed by atoms with Gasteiger partial charge in [-0.3, -0.25) is 4.79 Å². The SMILES string of the molecule is CCC12CC(=O)N(C(C)COC)C1=C(C)C=CC2O. The third-order valence-corrected chi connectivity index (χ3v) is 4.40. The van der Waals surface area contributed by atoms with Gasteiger partial charge < -0.3 is 14.7 Å². The summed E-state index contributed by atoms with van der Waals surface area (Å²) in [6.07, 6.45) is 4.28. The molecule has 0 aromatic heterocycles. The van der Waals surface area contributed by atoms with Crippen molar-refractivity contribution in [1.29, 1.82) is 0 Å². The predicted molar refractivity (Wildman–Crippen MR) is 73.4 cm³/mol. The molecule has 2 aliphatic rings. The summed E-state index contributed by atoms with van der Waals surface area (Å²) in [5, 5.41) is 10.4. The van der Waals surface area contributed by atoms with Gasteiger partial charge in [0.15, 0.2) is 0 Å². The summed E-state index contributed by atoms with van der Waals surface area (Å²) in [6.45, 7) is 6.53. The van der Waals surface area contributed by atoms with Gasteiger partial charge in [-0.1, -0.05) is 19.1 Å². The highest BCUT2D eigenvalue weighted by Gasteiger charge is 2.53. The first kappa shape index (κ1) is 14.3. The van der Waals surface area contributed by atoms with Gasteiger partial charge in [0.1, 0.15) is 0 Å². The van der Waals surface area contributed by atoms with E-state index in [1.54, 1.807) is 13.2 Å². The average Bonchev–Trinajstić information content (AvgIpc) is 2.69. The molecule has 0 aromatic rings. The first-order chi connectivity index (χ1) is 8.97. The van der Waals surface area contributed by atoms with Crippen molar-refractivity contribution in [3.63, 3.8) is 0 Å². The lowest BCUT2D eigenvalue weighted by Gasteiger charge is -2.39. The number of aliphatic hydroxyl groups is 1. The molecule has 1 aliphatic carbocycles. The third-order valence-electron chi connectivity index (χ3n) is 4.40. The van der Waals surface area contributed by atoms with Crippen molar-refractivity contribution in [2.24, 2.45) is 5.41 Å². The fourth-order valence-electron chi connectivity index (χ4n) is 3.41. The minimum absolute atomic E-state index is 0.00502. The average molecular weight is 265 g/mol. The van der Waals surface area contributed by atoms with E-state index in [4.69, 9.17) is 4.74 Å². The molecule has 1 fully saturated rings. The number of rotatable bonds is 4. The molecule has 19 heavy (non-hydrogen) atoms. The molecule has 3 unspecified atom stereocenters. The maximum atomic E-state index is 12.4. The Hall–Kier alpha value is -1.13. The Morgan fingerprint density at radius 3 is 2.89 bits per heavy atom. The number of allylic oxidation sites excluding steroid dienone is 2. The van der Waals surface area contributed by atoms with Gasteiger partial charge >= 0.3 is 0 Å². The number of nitrogens with zero attached hydrogens (tertiary/aromatic N) is 1. The van der Waals surface area contributed by atoms with Gasteiger partial charge in [-0.2, -0.15) is 0 Å². The maximum absolute atomic E-state index is 12.4. The highest BCUT2D eigenvalue weighted by atomic mass is 16.5. The van der Waals surface area contributed by atoms with Crippen LogP contribution < -0.4 is 0 Å². The number of carbonyl (C=O) groups is 1. The Labute approximate surface area is 114 Å². The standard InChI is InChI=1S/C15H23NO3/c1-5-15-8-13(18)16(11(3)9-19-4)14(15)10(2)6-7-12(15)17/h6-7,11-12,17H,5,8-9H2,1-4H3. The van der Waals surface area contributed by atoms with E-state index < -0.39 is 11.5 Å². The molecule has 4 nitrogen and oxygen atoms in total. The van der Waals surface area contributed by atoms with E-state index >= 15 is 0 Å². The van der Waals surface area contributed by atoms with Crippen LogP contribution in [-0.4, -0.2) is 41.8 Å². The molecule has 0 aromatic carbocycles. The van der Waals surface area contributed by atoms with E-state index in [0.29, 0.717) is 13.0 Å². The maximum Gasteiger partial charge on any atom is 0.228 e. The van der Waals surface area contributed by atoms with Crippen LogP contribution in [0.5, 0.6) is 0 Å². The van der Waals surface area contributed by atoms with Crippen LogP contribution >= 0.6 is 0 Å². The molecule has 4 heteroatoms. The van der Waals surface area contributed by atoms with Crippen molar-refractivity contribution >= 4 is 5.91 Å². The van der Waals surface area contributed by atoms with Crippen LogP contribution in [0.25, 0.3) is 0 Å². The van der Waals surface area contributed by atoms with E-state index in [0.717, 1.165) is 17.7 Å². The van der Waals surface area contributed by atoms with Crippen LogP contribution in [0.4, 0.5) is 0 Å². The summed E-state index contributed by atoms with van der Waals surface area (Å²) in [4.78, 5) is 14.2. The minimum Gasteiger partial charge on any atom is -0.388 e. The van der Waals surface area contributed by atoms with Crippen molar-refractivity contribution < 1.29 is 14.6 Å². The Morgan fingerprint density at radius 1 is 1.63 bits per heavy atom. The van der Waals surface area contributed by atoms with Crippen molar-refractivity contribution in [3.8, 4) is 0 Å². The first-order valence-electron chi connectivity index (χ1n) is 6.86. The van der Waals surface area contributed by atoms with Crippen LogP contribution in [0.1, 0.15) is 33.6 Å². The summed E-state index contributed by atoms with van der Waals surface area (Å²) in [6, 6.07) is -0.00502. The monoisotopic (exact) mass is 265 g/mol. The second kappa shape index (κ2) is 5.10. The molecule has 0 saturated carbocycles. The van der Waals surface area contributed by atoms with Crippen LogP contribution in [0.2, 0.25) is 0 Å². The molecule has 1 N–H and O–H groups in total. The van der Waals surface area contributed by atoms with Crippen LogP contribution in [0.15, 0.2) is 23.4 Å². The quantitative estimate of drug-likeness (QED) is 0.844. The summed E-state index contributed by atoms with van der Waals surface area (Å²) < 4.78 is 5.18. The molecule has 106 valence electrons. The Morgan fingerprint density at radius 2 is 2.32 bits per heavy atom. The van der Waals surface area contributed by atoms with E-state index in [1.165, 1.54) is 0 Å². The number of hydrogen-bond acceptors (Lipinski definition) is 3. The lowest BCUT2D eigenvalue weighted by atomic mass is 9.72. The van der Waals surface area contributed by atoms with Crippen molar-refractivity contribution in [2.75, 3.05) is 13.7 Å². The molecule has 1 aliphatic heterocycles. The van der Waals surface area contributed by atoms with Gasteiger partial charge in [0.2, 0.25) is 5.91 Å². The molecule has 2 rings (SSSR count). The molecule has 0 spiro atoms. The molecule has 3 atom stereocenters. The van der Waals surface area contributed by atoms with E-state index in [-0.39, 0.29) is 11.9 Å². The summed E-state index contributed by atoms with van der Waals surface area (Å²) >= 11 is 0. The summed E-state index contributed by atoms with van der Waals surface area (Å²) in [7, 11) is 1.64. The molecule has 1 saturated heterocycles. The third kappa shape index (κ3) is 2.03. The summed E-state index contributed by atoms with van der Waals surface area (Å²) in [5.74, 6) is 0.0866. The number of carbonyl (C=O) groups excluding carboxylic acids is 1. The summed E-state index contributed by atoms with van der Waals surface area (Å²) in [5.41, 5.74) is 1.61. The molecule has 1 heterocycles. The van der Waals surface area contributed by atoms with Gasteiger partial charge in [-0.05, 0) is 25.8 Å². The number of amides is 1. The highest BCUT2D eigenvalue weighted by molar-refractivity contribution is 5.84. The number of ether oxygens (including phenoxy) is 1. The lowest BCUT2D eigenvalue weighted by Crippen LogP contribution is -2.41. The fourth-order valence-corrected chi connectivity index (χ4v) is 3.41. The fraction of sp³-hybridized carbons (Fsp3) is 0.667. The number of likely N-dealkylation sites (tertiary alicyclic amines) is 1. The molecule has 1 amide bonds. The smallest absolute Gasteiger partial charge is 0.228 e. The minimum atomic E-state index is -0.583. The Bertz CT molecular complexity index is 441. The second-order valence-electron chi connectivity index (χ2n) is 5.59. The van der Waals surface area contributed by atoms with Gasteiger partial charge in [0.05, 0.1) is 18.8 Å². The zero-order valence-electron chi connectivity index (χ0n) is 12.1. The van der Waals surface area contributed by atoms with Crippen LogP contribution in [0.3, 0.4) is 0 Å². The van der Waals surface area contributed by atoms with Gasteiger partial charge in [-0.15, -0.1) is 0 Å². The van der Waals surface area contributed by atoms with Crippen molar-refractivity contribution in [2.45, 2.75) is 45.8 Å². The number of hydrogen-bond donors (Lipinski definition) is 1. The Kier molecular flexibility index (Phi) is 3.83. The van der Waals surface area contributed by atoms with Crippen molar-refractivity contribution in [3.05, 3.63) is 23.4 Å². The number of methoxy groups -OCH3 is 1. The van der Waals surface area contributed by atoms with E-state index in [1.807, 2.05) is 31.7 Å². The number of fused-ring (bicyclic) bond motifs is 1. The Balaban J connectivity index is 2.48. The topological polar surface area (TPSA) is 49.8 Å². The van der Waals surface area contributed by atoms with E-state index in [9.17, 15) is 9.90 Å². The van der Waals surface area contributed by atoms with Crippen LogP contribution in [0, 0.1) is 5.41 Å². The van der Waals surface area contributed by atoms with Crippen molar-refractivity contribution in [1.82, 2.24) is 4.90 Å². The van der Waals surface area contributed by atoms with Crippen LogP contribution in [-0.2, 0) is 9.53 Å². The highest BCUT2D eigenvalue weighted by Crippen LogP contribution is 2.51. The zero-order valence-corrected chi connectivity index (χ0v) is 12.1. The molecule has 0 bridgehead atoms.